The third-order valence-corrected chi connectivity index (χ3v) is 14.1. The Hall–Kier alpha value is -5.97. The van der Waals surface area contributed by atoms with E-state index in [1.165, 1.54) is 40.6 Å². The number of para-hydroxylation sites is 1. The van der Waals surface area contributed by atoms with Crippen molar-refractivity contribution in [2.24, 2.45) is 9.98 Å². The van der Waals surface area contributed by atoms with Crippen molar-refractivity contribution in [2.75, 3.05) is 76.0 Å². The van der Waals surface area contributed by atoms with Crippen LogP contribution in [0.25, 0.3) is 0 Å². The fraction of sp³-hybridized carbons (Fsp3) is 0.250. The van der Waals surface area contributed by atoms with Crippen LogP contribution in [0, 0.1) is 6.92 Å². The van der Waals surface area contributed by atoms with E-state index in [0.717, 1.165) is 44.5 Å². The van der Waals surface area contributed by atoms with E-state index >= 15 is 0 Å². The van der Waals surface area contributed by atoms with Gasteiger partial charge in [0.15, 0.2) is 5.17 Å². The fourth-order valence-corrected chi connectivity index (χ4v) is 10.9. The molecule has 2 aliphatic heterocycles. The van der Waals surface area contributed by atoms with E-state index in [1.54, 1.807) is 11.8 Å². The highest BCUT2D eigenvalue weighted by Gasteiger charge is 2.44. The number of aryl methyl sites for hydroxylation is 1. The average molecular weight is 860 g/mol. The number of amidine groups is 1. The lowest BCUT2D eigenvalue weighted by atomic mass is 9.82. The molecule has 0 saturated carbocycles. The molecule has 318 valence electrons. The summed E-state index contributed by atoms with van der Waals surface area (Å²) in [4.78, 5) is 30.0. The molecule has 0 aliphatic carbocycles. The normalized spacial score (nSPS) is 14.4. The van der Waals surface area contributed by atoms with Crippen LogP contribution in [0.3, 0.4) is 0 Å². The number of benzene rings is 6. The van der Waals surface area contributed by atoms with Gasteiger partial charge in [-0.05, 0) is 96.8 Å². The van der Waals surface area contributed by atoms with Crippen LogP contribution in [0.4, 0.5) is 34.1 Å². The Morgan fingerprint density at radius 3 is 1.27 bits per heavy atom. The van der Waals surface area contributed by atoms with E-state index in [2.05, 4.69) is 194 Å². The highest BCUT2D eigenvalue weighted by atomic mass is 32.2. The molecule has 2 aliphatic rings. The predicted molar refractivity (Wildman–Crippen MR) is 269 cm³/mol. The van der Waals surface area contributed by atoms with Gasteiger partial charge in [-0.15, -0.1) is 0 Å². The maximum Gasteiger partial charge on any atom is 0.222 e. The Labute approximate surface area is 376 Å². The maximum atomic E-state index is 11.9. The smallest absolute Gasteiger partial charge is 0.222 e. The van der Waals surface area contributed by atoms with E-state index in [4.69, 9.17) is 9.98 Å². The van der Waals surface area contributed by atoms with Crippen molar-refractivity contribution in [2.45, 2.75) is 30.3 Å². The zero-order valence-electron chi connectivity index (χ0n) is 37.7. The largest absolute Gasteiger partial charge is 0.378 e. The molecular formula is C52H57N7OS2. The first-order valence-corrected chi connectivity index (χ1v) is 22.4. The Balaban J connectivity index is 0.000000187. The number of anilines is 4. The van der Waals surface area contributed by atoms with Gasteiger partial charge in [-0.25, -0.2) is 9.98 Å². The summed E-state index contributed by atoms with van der Waals surface area (Å²) in [7, 11) is 16.5. The van der Waals surface area contributed by atoms with Gasteiger partial charge in [0, 0.05) is 97.2 Å². The third kappa shape index (κ3) is 8.72. The summed E-state index contributed by atoms with van der Waals surface area (Å²) in [5, 5.41) is 4.62. The van der Waals surface area contributed by atoms with Gasteiger partial charge in [-0.3, -0.25) is 4.79 Å². The zero-order valence-corrected chi connectivity index (χ0v) is 39.3. The molecule has 6 aromatic carbocycles. The molecule has 0 unspecified atom stereocenters. The second-order valence-electron chi connectivity index (χ2n) is 16.6. The maximum absolute atomic E-state index is 11.9. The van der Waals surface area contributed by atoms with Crippen LogP contribution < -0.4 is 24.9 Å². The number of thioether (sulfide) groups is 2. The van der Waals surface area contributed by atoms with Crippen molar-refractivity contribution >= 4 is 73.8 Å². The molecule has 0 atom stereocenters. The molecule has 62 heavy (non-hydrogen) atoms. The molecule has 0 aromatic heterocycles. The lowest BCUT2D eigenvalue weighted by Gasteiger charge is -2.39. The van der Waals surface area contributed by atoms with Crippen LogP contribution in [-0.4, -0.2) is 72.5 Å². The minimum atomic E-state index is -0.550. The van der Waals surface area contributed by atoms with E-state index in [-0.39, 0.29) is 10.7 Å². The summed E-state index contributed by atoms with van der Waals surface area (Å²) < 4.78 is -0.880. The first kappa shape index (κ1) is 44.1. The number of nitrogens with zero attached hydrogens (tertiary/aromatic N) is 6. The van der Waals surface area contributed by atoms with Gasteiger partial charge >= 0.3 is 0 Å². The Morgan fingerprint density at radius 2 is 0.871 bits per heavy atom. The second kappa shape index (κ2) is 18.2. The van der Waals surface area contributed by atoms with Crippen LogP contribution in [0.15, 0.2) is 150 Å². The van der Waals surface area contributed by atoms with Crippen molar-refractivity contribution in [3.8, 4) is 0 Å². The molecule has 10 heteroatoms. The molecule has 1 N–H and O–H groups in total. The highest BCUT2D eigenvalue weighted by molar-refractivity contribution is 8.15. The van der Waals surface area contributed by atoms with Gasteiger partial charge in [0.25, 0.3) is 0 Å². The van der Waals surface area contributed by atoms with Crippen molar-refractivity contribution in [3.63, 3.8) is 0 Å². The second-order valence-corrected chi connectivity index (χ2v) is 19.2. The van der Waals surface area contributed by atoms with Crippen LogP contribution in [-0.2, 0) is 14.3 Å². The third-order valence-electron chi connectivity index (χ3n) is 11.3. The SMILES string of the molecule is CC(=O)NC1=Nc2ccccc2C(c2ccc(N(C)C)cc2)(c2ccc(N(C)C)cc2)S1.CC1=Nc2ccc(C)cc2C(c2ccc(N(C)C)cc2)(c2ccc(N(C)C)cc2)S1. The molecule has 2 heterocycles. The van der Waals surface area contributed by atoms with Gasteiger partial charge < -0.3 is 24.9 Å². The number of aliphatic imine (C=N–C) groups is 2. The van der Waals surface area contributed by atoms with E-state index in [0.29, 0.717) is 5.17 Å². The number of carbonyl (C=O) groups excluding carboxylic acids is 1. The van der Waals surface area contributed by atoms with E-state index < -0.39 is 4.75 Å². The minimum Gasteiger partial charge on any atom is -0.378 e. The Bertz CT molecular complexity index is 2490. The van der Waals surface area contributed by atoms with Gasteiger partial charge in [0.05, 0.1) is 21.2 Å². The summed E-state index contributed by atoms with van der Waals surface area (Å²) in [6.07, 6.45) is 0. The highest BCUT2D eigenvalue weighted by Crippen LogP contribution is 2.56. The van der Waals surface area contributed by atoms with Crippen LogP contribution in [0.5, 0.6) is 0 Å². The van der Waals surface area contributed by atoms with Crippen molar-refractivity contribution in [3.05, 3.63) is 178 Å². The first-order valence-electron chi connectivity index (χ1n) is 20.7. The molecule has 0 fully saturated rings. The summed E-state index contributed by atoms with van der Waals surface area (Å²) in [5.74, 6) is -0.129. The van der Waals surface area contributed by atoms with Crippen LogP contribution in [0.1, 0.15) is 52.8 Å². The van der Waals surface area contributed by atoms with Gasteiger partial charge in [0.1, 0.15) is 4.75 Å². The molecule has 8 nitrogen and oxygen atoms in total. The molecule has 0 bridgehead atoms. The van der Waals surface area contributed by atoms with Crippen LogP contribution in [0.2, 0.25) is 0 Å². The molecule has 0 spiro atoms. The predicted octanol–water partition coefficient (Wildman–Crippen LogP) is 11.2. The summed E-state index contributed by atoms with van der Waals surface area (Å²) in [5.41, 5.74) is 15.0. The average Bonchev–Trinajstić information content (AvgIpc) is 3.26. The number of rotatable bonds is 8. The van der Waals surface area contributed by atoms with Crippen LogP contribution >= 0.6 is 23.5 Å². The number of carbonyl (C=O) groups is 1. The number of hydrogen-bond donors (Lipinski definition) is 1. The molecule has 6 aromatic rings. The van der Waals surface area contributed by atoms with Gasteiger partial charge in [-0.1, -0.05) is 108 Å². The van der Waals surface area contributed by atoms with Gasteiger partial charge in [0.2, 0.25) is 5.91 Å². The Morgan fingerprint density at radius 1 is 0.484 bits per heavy atom. The fourth-order valence-electron chi connectivity index (χ4n) is 8.07. The lowest BCUT2D eigenvalue weighted by molar-refractivity contribution is -0.117. The van der Waals surface area contributed by atoms with Crippen molar-refractivity contribution in [1.82, 2.24) is 5.32 Å². The number of hydrogen-bond acceptors (Lipinski definition) is 9. The monoisotopic (exact) mass is 859 g/mol. The molecule has 1 amide bonds. The summed E-state index contributed by atoms with van der Waals surface area (Å²) in [6, 6.07) is 50.0. The minimum absolute atomic E-state index is 0.129. The first-order chi connectivity index (χ1) is 29.6. The molecule has 8 rings (SSSR count). The zero-order chi connectivity index (χ0) is 44.3. The number of fused-ring (bicyclic) bond motifs is 2. The van der Waals surface area contributed by atoms with E-state index in [1.807, 2.05) is 52.1 Å². The van der Waals surface area contributed by atoms with Crippen molar-refractivity contribution < 1.29 is 4.79 Å². The summed E-state index contributed by atoms with van der Waals surface area (Å²) in [6.45, 7) is 5.79. The quantitative estimate of drug-likeness (QED) is 0.163. The molecule has 0 saturated heterocycles. The van der Waals surface area contributed by atoms with Gasteiger partial charge in [-0.2, -0.15) is 0 Å². The lowest BCUT2D eigenvalue weighted by Crippen LogP contribution is -2.36. The standard InChI is InChI=1S/C26H28N4OS.C26H29N3S/c1-18(31)27-25-28-24-9-7-6-8-23(24)26(32-25,19-10-14-21(15-11-19)29(2)3)20-12-16-22(17-13-20)30(4)5;1-18-7-16-25-24(17-18)26(30-19(2)27-25,20-8-12-22(13-9-20)28(3)4)21-10-14-23(15-11-21)29(5)6/h6-17H,1-5H3,(H,27,28,31);7-17H,1-6H3. The summed E-state index contributed by atoms with van der Waals surface area (Å²) >= 11 is 3.42. The topological polar surface area (TPSA) is 66.8 Å². The molecule has 0 radical (unpaired) electrons. The van der Waals surface area contributed by atoms with Crippen molar-refractivity contribution in [1.29, 1.82) is 0 Å². The number of nitrogens with one attached hydrogen (secondary N) is 1. The van der Waals surface area contributed by atoms with E-state index in [9.17, 15) is 4.79 Å². The number of amides is 1. The Kier molecular flexibility index (Phi) is 12.9. The molecular weight excluding hydrogens is 803 g/mol.